The monoisotopic (exact) mass is 291 g/mol. The van der Waals surface area contributed by atoms with E-state index in [4.69, 9.17) is 4.74 Å². The van der Waals surface area contributed by atoms with E-state index in [1.54, 1.807) is 0 Å². The fraction of sp³-hybridized carbons (Fsp3) is 0.571. The molecule has 106 valence electrons. The van der Waals surface area contributed by atoms with Crippen molar-refractivity contribution in [1.29, 1.82) is 5.26 Å². The Morgan fingerprint density at radius 2 is 2.45 bits per heavy atom. The minimum absolute atomic E-state index is 0.119. The molecule has 1 amide bonds. The summed E-state index contributed by atoms with van der Waals surface area (Å²) in [6, 6.07) is 2.25. The number of nitriles is 1. The van der Waals surface area contributed by atoms with Crippen molar-refractivity contribution >= 4 is 22.2 Å². The van der Waals surface area contributed by atoms with Gasteiger partial charge in [-0.05, 0) is 31.9 Å². The van der Waals surface area contributed by atoms with Crippen molar-refractivity contribution in [1.82, 2.24) is 4.90 Å². The molecule has 3 heterocycles. The second-order valence-corrected chi connectivity index (χ2v) is 6.40. The third-order valence-corrected chi connectivity index (χ3v) is 4.95. The van der Waals surface area contributed by atoms with E-state index in [2.05, 4.69) is 23.3 Å². The maximum Gasteiger partial charge on any atom is 0.254 e. The van der Waals surface area contributed by atoms with Crippen molar-refractivity contribution in [2.75, 3.05) is 25.5 Å². The lowest BCUT2D eigenvalue weighted by atomic mass is 10.0. The Morgan fingerprint density at radius 3 is 3.15 bits per heavy atom. The molecular formula is C14H17N3O2S. The number of nitrogens with zero attached hydrogens (tertiary/aromatic N) is 2. The van der Waals surface area contributed by atoms with Gasteiger partial charge < -0.3 is 15.0 Å². The molecule has 0 radical (unpaired) electrons. The Hall–Kier alpha value is -1.42. The molecule has 2 aliphatic rings. The summed E-state index contributed by atoms with van der Waals surface area (Å²) < 4.78 is 5.38. The molecule has 1 aromatic heterocycles. The fourth-order valence-electron chi connectivity index (χ4n) is 2.71. The number of anilines is 1. The molecule has 0 saturated carbocycles. The number of rotatable bonds is 2. The highest BCUT2D eigenvalue weighted by molar-refractivity contribution is 7.16. The van der Waals surface area contributed by atoms with Gasteiger partial charge >= 0.3 is 0 Å². The fourth-order valence-corrected chi connectivity index (χ4v) is 4.00. The largest absolute Gasteiger partial charge is 0.368 e. The lowest BCUT2D eigenvalue weighted by Gasteiger charge is -2.21. The van der Waals surface area contributed by atoms with E-state index >= 15 is 0 Å². The summed E-state index contributed by atoms with van der Waals surface area (Å²) in [4.78, 5) is 15.5. The van der Waals surface area contributed by atoms with Crippen LogP contribution < -0.4 is 5.32 Å². The molecule has 1 fully saturated rings. The van der Waals surface area contributed by atoms with Gasteiger partial charge in [0.2, 0.25) is 0 Å². The Kier molecular flexibility index (Phi) is 3.74. The van der Waals surface area contributed by atoms with E-state index in [0.29, 0.717) is 17.2 Å². The molecular weight excluding hydrogens is 274 g/mol. The molecule has 1 aromatic rings. The van der Waals surface area contributed by atoms with Crippen LogP contribution in [0.2, 0.25) is 0 Å². The molecule has 1 N–H and O–H groups in total. The third kappa shape index (κ3) is 2.44. The smallest absolute Gasteiger partial charge is 0.254 e. The third-order valence-electron chi connectivity index (χ3n) is 3.82. The normalized spacial score (nSPS) is 22.3. The highest BCUT2D eigenvalue weighted by Crippen LogP contribution is 2.36. The average Bonchev–Trinajstić information content (AvgIpc) is 3.04. The molecule has 2 aliphatic heterocycles. The van der Waals surface area contributed by atoms with Gasteiger partial charge in [0.15, 0.2) is 0 Å². The van der Waals surface area contributed by atoms with Crippen molar-refractivity contribution in [3.05, 3.63) is 16.0 Å². The van der Waals surface area contributed by atoms with Gasteiger partial charge in [-0.3, -0.25) is 4.79 Å². The van der Waals surface area contributed by atoms with Crippen LogP contribution >= 0.6 is 11.3 Å². The topological polar surface area (TPSA) is 65.4 Å². The number of hydrogen-bond acceptors (Lipinski definition) is 5. The van der Waals surface area contributed by atoms with Crippen LogP contribution in [0.1, 0.15) is 28.8 Å². The lowest BCUT2D eigenvalue weighted by molar-refractivity contribution is -0.124. The summed E-state index contributed by atoms with van der Waals surface area (Å²) in [5.41, 5.74) is 1.75. The molecule has 0 bridgehead atoms. The molecule has 0 aromatic carbocycles. The summed E-state index contributed by atoms with van der Waals surface area (Å²) >= 11 is 1.53. The zero-order chi connectivity index (χ0) is 14.1. The molecule has 6 heteroatoms. The molecule has 20 heavy (non-hydrogen) atoms. The SMILES string of the molecule is CN1CCc2c(sc(NC(=O)[C@@H]3CCCO3)c2C#N)C1. The highest BCUT2D eigenvalue weighted by Gasteiger charge is 2.27. The number of amides is 1. The van der Waals surface area contributed by atoms with Crippen molar-refractivity contribution in [2.45, 2.75) is 31.9 Å². The number of thiophene rings is 1. The number of carbonyl (C=O) groups is 1. The second-order valence-electron chi connectivity index (χ2n) is 5.30. The Bertz CT molecular complexity index is 570. The molecule has 3 rings (SSSR count). The number of likely N-dealkylation sites (N-methyl/N-ethyl adjacent to an activating group) is 1. The van der Waals surface area contributed by atoms with Crippen molar-refractivity contribution in [2.24, 2.45) is 0 Å². The van der Waals surface area contributed by atoms with Crippen LogP contribution in [0.3, 0.4) is 0 Å². The first kappa shape index (κ1) is 13.6. The summed E-state index contributed by atoms with van der Waals surface area (Å²) in [6.45, 7) is 2.46. The lowest BCUT2D eigenvalue weighted by Crippen LogP contribution is -2.26. The highest BCUT2D eigenvalue weighted by atomic mass is 32.1. The van der Waals surface area contributed by atoms with E-state index in [9.17, 15) is 10.1 Å². The van der Waals surface area contributed by atoms with Crippen LogP contribution in [0.4, 0.5) is 5.00 Å². The van der Waals surface area contributed by atoms with E-state index < -0.39 is 0 Å². The predicted molar refractivity (Wildman–Crippen MR) is 76.7 cm³/mol. The van der Waals surface area contributed by atoms with Crippen LogP contribution in [-0.4, -0.2) is 37.1 Å². The molecule has 0 aliphatic carbocycles. The van der Waals surface area contributed by atoms with Gasteiger partial charge in [-0.2, -0.15) is 5.26 Å². The first-order valence-electron chi connectivity index (χ1n) is 6.84. The second kappa shape index (κ2) is 5.52. The summed E-state index contributed by atoms with van der Waals surface area (Å²) in [7, 11) is 2.07. The zero-order valence-electron chi connectivity index (χ0n) is 11.4. The number of ether oxygens (including phenoxy) is 1. The number of nitrogens with one attached hydrogen (secondary N) is 1. The molecule has 1 atom stereocenters. The quantitative estimate of drug-likeness (QED) is 0.901. The van der Waals surface area contributed by atoms with Crippen molar-refractivity contribution < 1.29 is 9.53 Å². The van der Waals surface area contributed by atoms with Gasteiger partial charge in [0.05, 0.1) is 5.56 Å². The van der Waals surface area contributed by atoms with Crippen molar-refractivity contribution in [3.8, 4) is 6.07 Å². The Labute approximate surface area is 122 Å². The van der Waals surface area contributed by atoms with E-state index in [-0.39, 0.29) is 12.0 Å². The van der Waals surface area contributed by atoms with E-state index in [1.807, 2.05) is 0 Å². The molecule has 0 unspecified atom stereocenters. The van der Waals surface area contributed by atoms with Crippen LogP contribution in [0.15, 0.2) is 0 Å². The van der Waals surface area contributed by atoms with E-state index in [1.165, 1.54) is 16.2 Å². The Morgan fingerprint density at radius 1 is 1.60 bits per heavy atom. The van der Waals surface area contributed by atoms with E-state index in [0.717, 1.165) is 37.9 Å². The zero-order valence-corrected chi connectivity index (χ0v) is 12.3. The maximum absolute atomic E-state index is 12.1. The van der Waals surface area contributed by atoms with Crippen LogP contribution in [0, 0.1) is 11.3 Å². The first-order valence-corrected chi connectivity index (χ1v) is 7.66. The van der Waals surface area contributed by atoms with Gasteiger partial charge in [0, 0.05) is 24.6 Å². The Balaban J connectivity index is 1.83. The van der Waals surface area contributed by atoms with Gasteiger partial charge in [-0.15, -0.1) is 11.3 Å². The summed E-state index contributed by atoms with van der Waals surface area (Å²) in [5.74, 6) is -0.119. The van der Waals surface area contributed by atoms with Gasteiger partial charge in [0.1, 0.15) is 17.2 Å². The first-order chi connectivity index (χ1) is 9.69. The predicted octanol–water partition coefficient (Wildman–Crippen LogP) is 1.73. The van der Waals surface area contributed by atoms with Crippen molar-refractivity contribution in [3.63, 3.8) is 0 Å². The summed E-state index contributed by atoms with van der Waals surface area (Å²) in [5, 5.41) is 12.9. The number of hydrogen-bond donors (Lipinski definition) is 1. The minimum Gasteiger partial charge on any atom is -0.368 e. The standard InChI is InChI=1S/C14H17N3O2S/c1-17-5-4-9-10(7-15)14(20-12(9)8-17)16-13(18)11-3-2-6-19-11/h11H,2-6,8H2,1H3,(H,16,18)/t11-/m0/s1. The average molecular weight is 291 g/mol. The number of carbonyl (C=O) groups excluding carboxylic acids is 1. The maximum atomic E-state index is 12.1. The summed E-state index contributed by atoms with van der Waals surface area (Å²) in [6.07, 6.45) is 2.21. The van der Waals surface area contributed by atoms with Gasteiger partial charge in [0.25, 0.3) is 5.91 Å². The van der Waals surface area contributed by atoms with Gasteiger partial charge in [-0.1, -0.05) is 0 Å². The van der Waals surface area contributed by atoms with Crippen LogP contribution in [0.5, 0.6) is 0 Å². The number of fused-ring (bicyclic) bond motifs is 1. The molecule has 5 nitrogen and oxygen atoms in total. The van der Waals surface area contributed by atoms with Gasteiger partial charge in [-0.25, -0.2) is 0 Å². The molecule has 0 spiro atoms. The van der Waals surface area contributed by atoms with Crippen LogP contribution in [0.25, 0.3) is 0 Å². The van der Waals surface area contributed by atoms with Crippen LogP contribution in [-0.2, 0) is 22.5 Å². The minimum atomic E-state index is -0.358. The molecule has 1 saturated heterocycles.